The summed E-state index contributed by atoms with van der Waals surface area (Å²) in [7, 11) is 0. The van der Waals surface area contributed by atoms with E-state index in [2.05, 4.69) is 35.3 Å². The molecule has 3 heterocycles. The molecule has 2 aliphatic rings. The summed E-state index contributed by atoms with van der Waals surface area (Å²) < 4.78 is 7.67. The fraction of sp³-hybridized carbons (Fsp3) is 0.500. The highest BCUT2D eigenvalue weighted by Gasteiger charge is 2.59. The van der Waals surface area contributed by atoms with Crippen molar-refractivity contribution in [1.82, 2.24) is 14.8 Å². The Hall–Kier alpha value is -1.88. The minimum absolute atomic E-state index is 0.151. The minimum atomic E-state index is 0.151. The second-order valence-corrected chi connectivity index (χ2v) is 6.51. The van der Waals surface area contributed by atoms with E-state index in [0.29, 0.717) is 18.1 Å². The molecule has 4 rings (SSSR count). The number of nitrogens with zero attached hydrogens (tertiary/aromatic N) is 3. The Morgan fingerprint density at radius 3 is 3.05 bits per heavy atom. The van der Waals surface area contributed by atoms with Crippen LogP contribution in [0.15, 0.2) is 36.8 Å². The normalized spacial score (nSPS) is 29.7. The van der Waals surface area contributed by atoms with E-state index in [-0.39, 0.29) is 5.41 Å². The fourth-order valence-electron chi connectivity index (χ4n) is 3.87. The fourth-order valence-corrected chi connectivity index (χ4v) is 3.87. The molecule has 5 nitrogen and oxygen atoms in total. The highest BCUT2D eigenvalue weighted by atomic mass is 16.5. The van der Waals surface area contributed by atoms with Crippen LogP contribution in [-0.4, -0.2) is 33.5 Å². The van der Waals surface area contributed by atoms with E-state index in [1.165, 1.54) is 0 Å². The number of ether oxygens (including phenoxy) is 1. The van der Waals surface area contributed by atoms with Crippen molar-refractivity contribution in [3.8, 4) is 5.82 Å². The largest absolute Gasteiger partial charge is 0.378 e. The van der Waals surface area contributed by atoms with E-state index >= 15 is 0 Å². The molecule has 0 radical (unpaired) electrons. The number of anilines is 1. The van der Waals surface area contributed by atoms with Gasteiger partial charge in [0, 0.05) is 42.6 Å². The lowest BCUT2D eigenvalue weighted by Gasteiger charge is -2.55. The standard InChI is InChI=1S/C16H20N4O/c1-16(2)13(11-6-10-21-14(11)16)19-12-5-3-7-17-15(12)20-9-4-8-18-20/h3-5,7-9,11,13-14,19H,6,10H2,1-2H3. The number of hydrogen-bond donors (Lipinski definition) is 1. The molecule has 2 aromatic rings. The van der Waals surface area contributed by atoms with E-state index in [0.717, 1.165) is 24.5 Å². The van der Waals surface area contributed by atoms with Gasteiger partial charge in [0.25, 0.3) is 0 Å². The molecule has 0 bridgehead atoms. The Morgan fingerprint density at radius 1 is 1.33 bits per heavy atom. The summed E-state index contributed by atoms with van der Waals surface area (Å²) in [5.74, 6) is 1.45. The summed E-state index contributed by atoms with van der Waals surface area (Å²) in [6.45, 7) is 5.44. The van der Waals surface area contributed by atoms with Crippen molar-refractivity contribution in [3.05, 3.63) is 36.8 Å². The first kappa shape index (κ1) is 12.8. The van der Waals surface area contributed by atoms with Gasteiger partial charge in [0.2, 0.25) is 0 Å². The lowest BCUT2D eigenvalue weighted by Crippen LogP contribution is -2.63. The third kappa shape index (κ3) is 1.87. The first-order chi connectivity index (χ1) is 10.2. The molecule has 1 aliphatic heterocycles. The molecule has 0 amide bonds. The lowest BCUT2D eigenvalue weighted by molar-refractivity contribution is -0.0923. The van der Waals surface area contributed by atoms with Crippen LogP contribution in [0.3, 0.4) is 0 Å². The molecule has 3 unspecified atom stereocenters. The van der Waals surface area contributed by atoms with Crippen LogP contribution in [0.5, 0.6) is 0 Å². The van der Waals surface area contributed by atoms with Gasteiger partial charge in [-0.1, -0.05) is 13.8 Å². The molecular weight excluding hydrogens is 264 g/mol. The molecule has 0 spiro atoms. The van der Waals surface area contributed by atoms with E-state index in [9.17, 15) is 0 Å². The molecule has 2 aromatic heterocycles. The molecule has 1 aliphatic carbocycles. The van der Waals surface area contributed by atoms with Crippen molar-refractivity contribution < 1.29 is 4.74 Å². The smallest absolute Gasteiger partial charge is 0.176 e. The Bertz CT molecular complexity index is 637. The summed E-state index contributed by atoms with van der Waals surface area (Å²) in [5.41, 5.74) is 1.18. The average molecular weight is 284 g/mol. The van der Waals surface area contributed by atoms with Crippen LogP contribution >= 0.6 is 0 Å². The van der Waals surface area contributed by atoms with Crippen LogP contribution in [0.25, 0.3) is 5.82 Å². The van der Waals surface area contributed by atoms with Crippen molar-refractivity contribution in [2.75, 3.05) is 11.9 Å². The maximum absolute atomic E-state index is 5.86. The van der Waals surface area contributed by atoms with Gasteiger partial charge in [-0.2, -0.15) is 5.10 Å². The first-order valence-electron chi connectivity index (χ1n) is 7.51. The molecule has 3 atom stereocenters. The van der Waals surface area contributed by atoms with Gasteiger partial charge in [0.1, 0.15) is 0 Å². The van der Waals surface area contributed by atoms with Crippen molar-refractivity contribution >= 4 is 5.69 Å². The Morgan fingerprint density at radius 2 is 2.24 bits per heavy atom. The summed E-state index contributed by atoms with van der Waals surface area (Å²) in [6.07, 6.45) is 7.02. The zero-order chi connectivity index (χ0) is 14.4. The highest BCUT2D eigenvalue weighted by Crippen LogP contribution is 2.53. The molecule has 1 N–H and O–H groups in total. The quantitative estimate of drug-likeness (QED) is 0.941. The second-order valence-electron chi connectivity index (χ2n) is 6.51. The summed E-state index contributed by atoms with van der Waals surface area (Å²) >= 11 is 0. The zero-order valence-electron chi connectivity index (χ0n) is 12.4. The maximum Gasteiger partial charge on any atom is 0.176 e. The van der Waals surface area contributed by atoms with E-state index in [4.69, 9.17) is 4.74 Å². The molecule has 110 valence electrons. The van der Waals surface area contributed by atoms with E-state index in [1.807, 2.05) is 18.3 Å². The number of fused-ring (bicyclic) bond motifs is 1. The number of pyridine rings is 1. The Kier molecular flexibility index (Phi) is 2.79. The van der Waals surface area contributed by atoms with Crippen molar-refractivity contribution in [3.63, 3.8) is 0 Å². The van der Waals surface area contributed by atoms with Crippen LogP contribution in [-0.2, 0) is 4.74 Å². The third-order valence-corrected chi connectivity index (χ3v) is 4.92. The number of nitrogens with one attached hydrogen (secondary N) is 1. The van der Waals surface area contributed by atoms with Crippen LogP contribution in [0.2, 0.25) is 0 Å². The summed E-state index contributed by atoms with van der Waals surface area (Å²) in [6, 6.07) is 6.36. The van der Waals surface area contributed by atoms with Gasteiger partial charge in [0.15, 0.2) is 5.82 Å². The van der Waals surface area contributed by atoms with Crippen LogP contribution < -0.4 is 5.32 Å². The zero-order valence-corrected chi connectivity index (χ0v) is 12.4. The molecule has 0 aromatic carbocycles. The minimum Gasteiger partial charge on any atom is -0.378 e. The van der Waals surface area contributed by atoms with Gasteiger partial charge in [-0.15, -0.1) is 0 Å². The van der Waals surface area contributed by atoms with Gasteiger partial charge in [-0.05, 0) is 24.6 Å². The van der Waals surface area contributed by atoms with Gasteiger partial charge in [-0.25, -0.2) is 9.67 Å². The monoisotopic (exact) mass is 284 g/mol. The van der Waals surface area contributed by atoms with Crippen LogP contribution in [0.4, 0.5) is 5.69 Å². The molecule has 2 fully saturated rings. The topological polar surface area (TPSA) is 52.0 Å². The summed E-state index contributed by atoms with van der Waals surface area (Å²) in [5, 5.41) is 7.98. The van der Waals surface area contributed by atoms with Crippen molar-refractivity contribution in [1.29, 1.82) is 0 Å². The number of hydrogen-bond acceptors (Lipinski definition) is 4. The van der Waals surface area contributed by atoms with Crippen molar-refractivity contribution in [2.45, 2.75) is 32.4 Å². The first-order valence-corrected chi connectivity index (χ1v) is 7.51. The third-order valence-electron chi connectivity index (χ3n) is 4.92. The summed E-state index contributed by atoms with van der Waals surface area (Å²) in [4.78, 5) is 4.47. The van der Waals surface area contributed by atoms with Crippen molar-refractivity contribution in [2.24, 2.45) is 11.3 Å². The van der Waals surface area contributed by atoms with Crippen LogP contribution in [0.1, 0.15) is 20.3 Å². The lowest BCUT2D eigenvalue weighted by atomic mass is 9.57. The number of aromatic nitrogens is 3. The second kappa shape index (κ2) is 4.56. The van der Waals surface area contributed by atoms with Crippen LogP contribution in [0, 0.1) is 11.3 Å². The SMILES string of the molecule is CC1(C)C(Nc2cccnc2-n2cccn2)C2CCOC21. The molecule has 1 saturated carbocycles. The Labute approximate surface area is 124 Å². The predicted molar refractivity (Wildman–Crippen MR) is 80.4 cm³/mol. The molecule has 21 heavy (non-hydrogen) atoms. The van der Waals surface area contributed by atoms with Gasteiger partial charge in [0.05, 0.1) is 11.8 Å². The molecule has 1 saturated heterocycles. The predicted octanol–water partition coefficient (Wildman–Crippen LogP) is 2.49. The van der Waals surface area contributed by atoms with Gasteiger partial charge in [-0.3, -0.25) is 0 Å². The highest BCUT2D eigenvalue weighted by molar-refractivity contribution is 5.57. The van der Waals surface area contributed by atoms with E-state index < -0.39 is 0 Å². The Balaban J connectivity index is 1.64. The molecule has 5 heteroatoms. The van der Waals surface area contributed by atoms with E-state index in [1.54, 1.807) is 17.1 Å². The average Bonchev–Trinajstić information content (AvgIpc) is 3.15. The van der Waals surface area contributed by atoms with Gasteiger partial charge < -0.3 is 10.1 Å². The van der Waals surface area contributed by atoms with Gasteiger partial charge >= 0.3 is 0 Å². The number of rotatable bonds is 3. The maximum atomic E-state index is 5.86. The molecular formula is C16H20N4O.